The maximum atomic E-state index is 11.7. The van der Waals surface area contributed by atoms with E-state index in [4.69, 9.17) is 11.6 Å². The molecule has 0 fully saturated rings. The molecule has 0 aliphatic heterocycles. The summed E-state index contributed by atoms with van der Waals surface area (Å²) >= 11 is 7.58. The van der Waals surface area contributed by atoms with Gasteiger partial charge in [-0.1, -0.05) is 25.4 Å². The Morgan fingerprint density at radius 1 is 1.26 bits per heavy atom. The minimum atomic E-state index is 0.151. The molecule has 19 heavy (non-hydrogen) atoms. The topological polar surface area (TPSA) is 29.1 Å². The quantitative estimate of drug-likeness (QED) is 0.598. The van der Waals surface area contributed by atoms with Crippen molar-refractivity contribution in [2.24, 2.45) is 5.92 Å². The summed E-state index contributed by atoms with van der Waals surface area (Å²) in [5, 5.41) is 3.78. The number of benzene rings is 1. The number of hydrogen-bond donors (Lipinski definition) is 1. The van der Waals surface area contributed by atoms with Gasteiger partial charge in [-0.25, -0.2) is 0 Å². The average Bonchev–Trinajstić information content (AvgIpc) is 2.36. The molecule has 0 bridgehead atoms. The lowest BCUT2D eigenvalue weighted by Gasteiger charge is -2.17. The van der Waals surface area contributed by atoms with Crippen LogP contribution in [0.3, 0.4) is 0 Å². The predicted octanol–water partition coefficient (Wildman–Crippen LogP) is 4.37. The highest BCUT2D eigenvalue weighted by Gasteiger charge is 2.10. The van der Waals surface area contributed by atoms with Crippen molar-refractivity contribution in [3.8, 4) is 0 Å². The average molecular weight is 300 g/mol. The molecule has 1 atom stereocenters. The van der Waals surface area contributed by atoms with Crippen LogP contribution in [0.5, 0.6) is 0 Å². The van der Waals surface area contributed by atoms with Crippen LogP contribution in [0.15, 0.2) is 29.2 Å². The van der Waals surface area contributed by atoms with Crippen molar-refractivity contribution in [3.63, 3.8) is 0 Å². The maximum absolute atomic E-state index is 11.7. The van der Waals surface area contributed by atoms with E-state index in [2.05, 4.69) is 19.2 Å². The Morgan fingerprint density at radius 2 is 1.89 bits per heavy atom. The molecule has 1 aromatic carbocycles. The molecule has 0 saturated heterocycles. The molecule has 4 heteroatoms. The molecule has 1 amide bonds. The summed E-state index contributed by atoms with van der Waals surface area (Å²) in [6.07, 6.45) is 1.49. The number of rotatable bonds is 7. The van der Waals surface area contributed by atoms with Crippen molar-refractivity contribution >= 4 is 29.3 Å². The molecule has 2 nitrogen and oxygen atoms in total. The first-order valence-corrected chi connectivity index (χ1v) is 8.03. The largest absolute Gasteiger partial charge is 0.353 e. The standard InChI is InChI=1S/C15H22ClNOS/c1-11(2)12(3)17-15(18)5-4-10-19-14-8-6-13(16)7-9-14/h6-9,11-12H,4-5,10H2,1-3H3,(H,17,18)/t12-/m1/s1. The highest BCUT2D eigenvalue weighted by molar-refractivity contribution is 7.99. The van der Waals surface area contributed by atoms with Crippen LogP contribution in [0.2, 0.25) is 5.02 Å². The second kappa shape index (κ2) is 8.49. The smallest absolute Gasteiger partial charge is 0.220 e. The van der Waals surface area contributed by atoms with Gasteiger partial charge in [-0.15, -0.1) is 11.8 Å². The van der Waals surface area contributed by atoms with Gasteiger partial charge in [0.15, 0.2) is 0 Å². The molecule has 106 valence electrons. The summed E-state index contributed by atoms with van der Waals surface area (Å²) in [7, 11) is 0. The van der Waals surface area contributed by atoms with Crippen molar-refractivity contribution < 1.29 is 4.79 Å². The third-order valence-electron chi connectivity index (χ3n) is 3.02. The molecule has 0 unspecified atom stereocenters. The van der Waals surface area contributed by atoms with Gasteiger partial charge in [-0.2, -0.15) is 0 Å². The zero-order valence-electron chi connectivity index (χ0n) is 11.8. The Balaban J connectivity index is 2.17. The predicted molar refractivity (Wildman–Crippen MR) is 83.9 cm³/mol. The molecule has 1 rings (SSSR count). The van der Waals surface area contributed by atoms with Gasteiger partial charge in [0.2, 0.25) is 5.91 Å². The van der Waals surface area contributed by atoms with Crippen LogP contribution < -0.4 is 5.32 Å². The molecule has 0 aliphatic carbocycles. The Labute approximate surface area is 125 Å². The van der Waals surface area contributed by atoms with Crippen molar-refractivity contribution in [1.29, 1.82) is 0 Å². The van der Waals surface area contributed by atoms with Crippen LogP contribution in [-0.4, -0.2) is 17.7 Å². The van der Waals surface area contributed by atoms with E-state index >= 15 is 0 Å². The minimum absolute atomic E-state index is 0.151. The van der Waals surface area contributed by atoms with Gasteiger partial charge >= 0.3 is 0 Å². The second-order valence-electron chi connectivity index (χ2n) is 5.01. The molecule has 0 saturated carbocycles. The van der Waals surface area contributed by atoms with E-state index in [-0.39, 0.29) is 11.9 Å². The number of nitrogens with one attached hydrogen (secondary N) is 1. The maximum Gasteiger partial charge on any atom is 0.220 e. The Hall–Kier alpha value is -0.670. The molecule has 1 N–H and O–H groups in total. The van der Waals surface area contributed by atoms with Gasteiger partial charge in [0.1, 0.15) is 0 Å². The second-order valence-corrected chi connectivity index (χ2v) is 6.61. The van der Waals surface area contributed by atoms with Crippen molar-refractivity contribution in [1.82, 2.24) is 5.32 Å². The van der Waals surface area contributed by atoms with E-state index in [1.807, 2.05) is 31.2 Å². The first kappa shape index (κ1) is 16.4. The molecule has 0 radical (unpaired) electrons. The molecule has 0 aromatic heterocycles. The molecule has 0 spiro atoms. The van der Waals surface area contributed by atoms with E-state index in [0.717, 1.165) is 17.2 Å². The first-order valence-electron chi connectivity index (χ1n) is 6.66. The van der Waals surface area contributed by atoms with Crippen LogP contribution in [-0.2, 0) is 4.79 Å². The fourth-order valence-electron chi connectivity index (χ4n) is 1.45. The number of carbonyl (C=O) groups is 1. The third kappa shape index (κ3) is 6.88. The zero-order valence-corrected chi connectivity index (χ0v) is 13.4. The van der Waals surface area contributed by atoms with Crippen LogP contribution >= 0.6 is 23.4 Å². The van der Waals surface area contributed by atoms with E-state index in [1.54, 1.807) is 11.8 Å². The van der Waals surface area contributed by atoms with Gasteiger partial charge in [-0.3, -0.25) is 4.79 Å². The Bertz CT molecular complexity index is 392. The number of hydrogen-bond acceptors (Lipinski definition) is 2. The SMILES string of the molecule is CC(C)[C@@H](C)NC(=O)CCCSc1ccc(Cl)cc1. The number of thioether (sulfide) groups is 1. The van der Waals surface area contributed by atoms with Crippen LogP contribution in [0.4, 0.5) is 0 Å². The van der Waals surface area contributed by atoms with Crippen molar-refractivity contribution in [3.05, 3.63) is 29.3 Å². The van der Waals surface area contributed by atoms with E-state index in [0.29, 0.717) is 12.3 Å². The highest BCUT2D eigenvalue weighted by atomic mass is 35.5. The lowest BCUT2D eigenvalue weighted by molar-refractivity contribution is -0.121. The fourth-order valence-corrected chi connectivity index (χ4v) is 2.43. The Morgan fingerprint density at radius 3 is 2.47 bits per heavy atom. The van der Waals surface area contributed by atoms with E-state index in [9.17, 15) is 4.79 Å². The van der Waals surface area contributed by atoms with Gasteiger partial charge in [-0.05, 0) is 49.3 Å². The minimum Gasteiger partial charge on any atom is -0.353 e. The fraction of sp³-hybridized carbons (Fsp3) is 0.533. The van der Waals surface area contributed by atoms with Gasteiger partial charge in [0.05, 0.1) is 0 Å². The lowest BCUT2D eigenvalue weighted by Crippen LogP contribution is -2.35. The summed E-state index contributed by atoms with van der Waals surface area (Å²) < 4.78 is 0. The lowest BCUT2D eigenvalue weighted by atomic mass is 10.1. The van der Waals surface area contributed by atoms with Crippen molar-refractivity contribution in [2.75, 3.05) is 5.75 Å². The van der Waals surface area contributed by atoms with E-state index in [1.165, 1.54) is 4.90 Å². The summed E-state index contributed by atoms with van der Waals surface area (Å²) in [6, 6.07) is 8.04. The van der Waals surface area contributed by atoms with Crippen molar-refractivity contribution in [2.45, 2.75) is 44.6 Å². The highest BCUT2D eigenvalue weighted by Crippen LogP contribution is 2.21. The number of amides is 1. The first-order chi connectivity index (χ1) is 8.99. The summed E-state index contributed by atoms with van der Waals surface area (Å²) in [5.74, 6) is 1.58. The van der Waals surface area contributed by atoms with Crippen LogP contribution in [0.25, 0.3) is 0 Å². The summed E-state index contributed by atoms with van der Waals surface area (Å²) in [5.41, 5.74) is 0. The normalized spacial score (nSPS) is 12.5. The zero-order chi connectivity index (χ0) is 14.3. The molecule has 0 aliphatic rings. The van der Waals surface area contributed by atoms with Gasteiger partial charge < -0.3 is 5.32 Å². The van der Waals surface area contributed by atoms with Crippen LogP contribution in [0, 0.1) is 5.92 Å². The monoisotopic (exact) mass is 299 g/mol. The summed E-state index contributed by atoms with van der Waals surface area (Å²) in [6.45, 7) is 6.27. The molecular formula is C15H22ClNOS. The number of carbonyl (C=O) groups excluding carboxylic acids is 1. The molecule has 0 heterocycles. The number of halogens is 1. The third-order valence-corrected chi connectivity index (χ3v) is 4.37. The molecular weight excluding hydrogens is 278 g/mol. The van der Waals surface area contributed by atoms with E-state index < -0.39 is 0 Å². The summed E-state index contributed by atoms with van der Waals surface area (Å²) in [4.78, 5) is 12.9. The van der Waals surface area contributed by atoms with Gasteiger partial charge in [0, 0.05) is 22.4 Å². The van der Waals surface area contributed by atoms with Crippen LogP contribution in [0.1, 0.15) is 33.6 Å². The van der Waals surface area contributed by atoms with Gasteiger partial charge in [0.25, 0.3) is 0 Å². The Kier molecular flexibility index (Phi) is 7.32. The molecule has 1 aromatic rings.